The highest BCUT2D eigenvalue weighted by molar-refractivity contribution is 9.10. The van der Waals surface area contributed by atoms with Crippen molar-refractivity contribution in [2.24, 2.45) is 0 Å². The van der Waals surface area contributed by atoms with E-state index in [1.165, 1.54) is 5.56 Å². The highest BCUT2D eigenvalue weighted by atomic mass is 79.9. The van der Waals surface area contributed by atoms with Gasteiger partial charge in [0.2, 0.25) is 0 Å². The summed E-state index contributed by atoms with van der Waals surface area (Å²) in [5, 5.41) is 2.74. The third kappa shape index (κ3) is 6.37. The molecule has 0 bridgehead atoms. The van der Waals surface area contributed by atoms with E-state index in [4.69, 9.17) is 4.74 Å². The molecule has 2 aromatic carbocycles. The SMILES string of the molecule is O=C(COC(=O)c1ccccc1Br)NCCSCc1ccccc1. The maximum atomic E-state index is 11.9. The molecule has 0 aliphatic rings. The van der Waals surface area contributed by atoms with Gasteiger partial charge in [0.25, 0.3) is 5.91 Å². The van der Waals surface area contributed by atoms with Crippen LogP contribution in [0.25, 0.3) is 0 Å². The van der Waals surface area contributed by atoms with Gasteiger partial charge in [-0.15, -0.1) is 0 Å². The number of esters is 1. The van der Waals surface area contributed by atoms with Crippen LogP contribution in [0, 0.1) is 0 Å². The van der Waals surface area contributed by atoms with Crippen LogP contribution in [-0.2, 0) is 15.3 Å². The Morgan fingerprint density at radius 2 is 1.75 bits per heavy atom. The minimum Gasteiger partial charge on any atom is -0.452 e. The number of thioether (sulfide) groups is 1. The van der Waals surface area contributed by atoms with E-state index in [2.05, 4.69) is 33.4 Å². The van der Waals surface area contributed by atoms with Gasteiger partial charge < -0.3 is 10.1 Å². The molecule has 2 aromatic rings. The molecule has 4 nitrogen and oxygen atoms in total. The van der Waals surface area contributed by atoms with E-state index in [1.54, 1.807) is 36.0 Å². The van der Waals surface area contributed by atoms with Crippen LogP contribution in [0.5, 0.6) is 0 Å². The number of hydrogen-bond acceptors (Lipinski definition) is 4. The van der Waals surface area contributed by atoms with E-state index >= 15 is 0 Å². The Bertz CT molecular complexity index is 679. The fraction of sp³-hybridized carbons (Fsp3) is 0.222. The standard InChI is InChI=1S/C18H18BrNO3S/c19-16-9-5-4-8-15(16)18(22)23-12-17(21)20-10-11-24-13-14-6-2-1-3-7-14/h1-9H,10-13H2,(H,20,21). The monoisotopic (exact) mass is 407 g/mol. The Morgan fingerprint density at radius 1 is 1.04 bits per heavy atom. The number of hydrogen-bond donors (Lipinski definition) is 1. The van der Waals surface area contributed by atoms with E-state index in [-0.39, 0.29) is 12.5 Å². The molecule has 6 heteroatoms. The fourth-order valence-corrected chi connectivity index (χ4v) is 3.18. The lowest BCUT2D eigenvalue weighted by Gasteiger charge is -2.07. The first-order chi connectivity index (χ1) is 11.7. The zero-order valence-electron chi connectivity index (χ0n) is 13.0. The van der Waals surface area contributed by atoms with E-state index < -0.39 is 5.97 Å². The summed E-state index contributed by atoms with van der Waals surface area (Å²) in [6.45, 7) is 0.270. The fourth-order valence-electron chi connectivity index (χ4n) is 1.91. The van der Waals surface area contributed by atoms with Gasteiger partial charge in [0, 0.05) is 22.5 Å². The molecule has 0 aliphatic heterocycles. The molecular weight excluding hydrogens is 390 g/mol. The number of nitrogens with one attached hydrogen (secondary N) is 1. The minimum absolute atomic E-state index is 0.274. The second-order valence-corrected chi connectivity index (χ2v) is 6.90. The van der Waals surface area contributed by atoms with Crippen molar-refractivity contribution in [3.8, 4) is 0 Å². The molecule has 24 heavy (non-hydrogen) atoms. The summed E-state index contributed by atoms with van der Waals surface area (Å²) in [6.07, 6.45) is 0. The lowest BCUT2D eigenvalue weighted by atomic mass is 10.2. The molecule has 1 N–H and O–H groups in total. The van der Waals surface area contributed by atoms with Crippen LogP contribution < -0.4 is 5.32 Å². The Labute approximate surface area is 154 Å². The molecule has 0 saturated carbocycles. The van der Waals surface area contributed by atoms with Gasteiger partial charge in [0.05, 0.1) is 5.56 Å². The first-order valence-corrected chi connectivity index (χ1v) is 9.41. The van der Waals surface area contributed by atoms with E-state index in [1.807, 2.05) is 18.2 Å². The summed E-state index contributed by atoms with van der Waals surface area (Å²) in [7, 11) is 0. The summed E-state index contributed by atoms with van der Waals surface area (Å²) in [5.74, 6) is 0.902. The summed E-state index contributed by atoms with van der Waals surface area (Å²) in [5.41, 5.74) is 1.67. The van der Waals surface area contributed by atoms with E-state index in [0.29, 0.717) is 16.6 Å². The highest BCUT2D eigenvalue weighted by Crippen LogP contribution is 2.16. The van der Waals surface area contributed by atoms with E-state index in [9.17, 15) is 9.59 Å². The Hall–Kier alpha value is -1.79. The number of ether oxygens (including phenoxy) is 1. The van der Waals surface area contributed by atoms with Gasteiger partial charge >= 0.3 is 5.97 Å². The average Bonchev–Trinajstić information content (AvgIpc) is 2.60. The zero-order chi connectivity index (χ0) is 17.2. The number of carbonyl (C=O) groups is 2. The van der Waals surface area contributed by atoms with Gasteiger partial charge in [0.1, 0.15) is 0 Å². The van der Waals surface area contributed by atoms with Crippen LogP contribution in [0.1, 0.15) is 15.9 Å². The van der Waals surface area contributed by atoms with Gasteiger partial charge in [-0.2, -0.15) is 11.8 Å². The van der Waals surface area contributed by atoms with Crippen molar-refractivity contribution in [1.29, 1.82) is 0 Å². The quantitative estimate of drug-likeness (QED) is 0.535. The largest absolute Gasteiger partial charge is 0.452 e. The smallest absolute Gasteiger partial charge is 0.339 e. The summed E-state index contributed by atoms with van der Waals surface area (Å²) in [6, 6.07) is 17.1. The second kappa shape index (κ2) is 10.2. The average molecular weight is 408 g/mol. The normalized spacial score (nSPS) is 10.2. The molecule has 0 fully saturated rings. The van der Waals surface area contributed by atoms with Crippen LogP contribution in [0.3, 0.4) is 0 Å². The molecule has 0 atom stereocenters. The van der Waals surface area contributed by atoms with Crippen LogP contribution in [0.15, 0.2) is 59.1 Å². The van der Waals surface area contributed by atoms with Crippen LogP contribution in [0.4, 0.5) is 0 Å². The maximum absolute atomic E-state index is 11.9. The molecule has 0 heterocycles. The van der Waals surface area contributed by atoms with Crippen molar-refractivity contribution in [2.45, 2.75) is 5.75 Å². The van der Waals surface area contributed by atoms with E-state index in [0.717, 1.165) is 11.5 Å². The number of rotatable bonds is 8. The summed E-state index contributed by atoms with van der Waals surface area (Å²) < 4.78 is 5.66. The predicted octanol–water partition coefficient (Wildman–Crippen LogP) is 3.66. The molecule has 0 saturated heterocycles. The number of benzene rings is 2. The lowest BCUT2D eigenvalue weighted by Crippen LogP contribution is -2.30. The zero-order valence-corrected chi connectivity index (χ0v) is 15.4. The molecule has 0 aromatic heterocycles. The predicted molar refractivity (Wildman–Crippen MR) is 100 cm³/mol. The van der Waals surface area contributed by atoms with Gasteiger partial charge in [-0.1, -0.05) is 42.5 Å². The lowest BCUT2D eigenvalue weighted by molar-refractivity contribution is -0.124. The summed E-state index contributed by atoms with van der Waals surface area (Å²) >= 11 is 5.02. The van der Waals surface area contributed by atoms with Crippen LogP contribution in [0.2, 0.25) is 0 Å². The molecule has 0 radical (unpaired) electrons. The van der Waals surface area contributed by atoms with Crippen molar-refractivity contribution in [3.63, 3.8) is 0 Å². The third-order valence-corrected chi connectivity index (χ3v) is 4.83. The first-order valence-electron chi connectivity index (χ1n) is 7.47. The topological polar surface area (TPSA) is 55.4 Å². The first kappa shape index (κ1) is 18.5. The molecule has 0 unspecified atom stereocenters. The van der Waals surface area contributed by atoms with Gasteiger partial charge in [0.15, 0.2) is 6.61 Å². The summed E-state index contributed by atoms with van der Waals surface area (Å²) in [4.78, 5) is 23.6. The Morgan fingerprint density at radius 3 is 2.50 bits per heavy atom. The molecule has 0 spiro atoms. The van der Waals surface area contributed by atoms with Crippen LogP contribution >= 0.6 is 27.7 Å². The maximum Gasteiger partial charge on any atom is 0.339 e. The molecule has 126 valence electrons. The van der Waals surface area contributed by atoms with Gasteiger partial charge in [-0.05, 0) is 33.6 Å². The Balaban J connectivity index is 1.60. The van der Waals surface area contributed by atoms with Crippen molar-refractivity contribution >= 4 is 39.6 Å². The second-order valence-electron chi connectivity index (χ2n) is 4.94. The molecule has 2 rings (SSSR count). The van der Waals surface area contributed by atoms with Crippen molar-refractivity contribution < 1.29 is 14.3 Å². The Kier molecular flexibility index (Phi) is 7.85. The molecule has 1 amide bonds. The van der Waals surface area contributed by atoms with Crippen molar-refractivity contribution in [1.82, 2.24) is 5.32 Å². The van der Waals surface area contributed by atoms with Gasteiger partial charge in [-0.3, -0.25) is 4.79 Å². The number of carbonyl (C=O) groups excluding carboxylic acids is 2. The van der Waals surface area contributed by atoms with Gasteiger partial charge in [-0.25, -0.2) is 4.79 Å². The van der Waals surface area contributed by atoms with Crippen LogP contribution in [-0.4, -0.2) is 30.8 Å². The number of amides is 1. The number of halogens is 1. The van der Waals surface area contributed by atoms with Crippen molar-refractivity contribution in [3.05, 3.63) is 70.2 Å². The minimum atomic E-state index is -0.518. The van der Waals surface area contributed by atoms with Crippen molar-refractivity contribution in [2.75, 3.05) is 18.9 Å². The molecule has 0 aliphatic carbocycles. The third-order valence-electron chi connectivity index (χ3n) is 3.11. The molecular formula is C18H18BrNO3S. The highest BCUT2D eigenvalue weighted by Gasteiger charge is 2.12.